The molecule has 0 radical (unpaired) electrons. The fourth-order valence-electron chi connectivity index (χ4n) is 4.45. The first kappa shape index (κ1) is 32.0. The van der Waals surface area contributed by atoms with Gasteiger partial charge in [0.05, 0.1) is 44.7 Å². The highest BCUT2D eigenvalue weighted by molar-refractivity contribution is 7.87. The monoisotopic (exact) mass is 682 g/mol. The first-order valence-electron chi connectivity index (χ1n) is 12.4. The number of hydrogen-bond acceptors (Lipinski definition) is 13. The number of nitrogens with two attached hydrogens (primary N) is 1. The third-order valence-electron chi connectivity index (χ3n) is 6.53. The van der Waals surface area contributed by atoms with Crippen LogP contribution >= 0.6 is 0 Å². The summed E-state index contributed by atoms with van der Waals surface area (Å²) in [6.45, 7) is 0. The molecule has 0 saturated heterocycles. The predicted molar refractivity (Wildman–Crippen MR) is 163 cm³/mol. The van der Waals surface area contributed by atoms with Crippen LogP contribution in [-0.2, 0) is 30.4 Å². The average molecular weight is 683 g/mol. The van der Waals surface area contributed by atoms with Crippen LogP contribution in [0.2, 0.25) is 0 Å². The highest BCUT2D eigenvalue weighted by atomic mass is 32.2. The van der Waals surface area contributed by atoms with E-state index in [4.69, 9.17) is 11.0 Å². The second-order valence-electron chi connectivity index (χ2n) is 9.44. The Kier molecular flexibility index (Phi) is 8.03. The number of nitriles is 1. The zero-order chi connectivity index (χ0) is 33.6. The van der Waals surface area contributed by atoms with Gasteiger partial charge in [0.2, 0.25) is 0 Å². The maximum atomic E-state index is 12.0. The molecule has 0 saturated carbocycles. The van der Waals surface area contributed by atoms with Crippen LogP contribution in [0.15, 0.2) is 108 Å². The van der Waals surface area contributed by atoms with Crippen molar-refractivity contribution in [1.29, 1.82) is 5.26 Å². The van der Waals surface area contributed by atoms with E-state index in [1.54, 1.807) is 18.2 Å². The van der Waals surface area contributed by atoms with Crippen molar-refractivity contribution < 1.29 is 44.0 Å². The molecule has 0 amide bonds. The smallest absolute Gasteiger partial charge is 0.296 e. The summed E-state index contributed by atoms with van der Waals surface area (Å²) in [5, 5.41) is 35.8. The molecule has 0 aliphatic rings. The molecule has 19 heteroatoms. The summed E-state index contributed by atoms with van der Waals surface area (Å²) in [6, 6.07) is 17.1. The van der Waals surface area contributed by atoms with E-state index < -0.39 is 61.9 Å². The number of rotatable bonds is 7. The molecule has 0 aliphatic heterocycles. The quantitative estimate of drug-likeness (QED) is 0.0782. The van der Waals surface area contributed by atoms with Crippen LogP contribution in [0.4, 0.5) is 28.4 Å². The van der Waals surface area contributed by atoms with Gasteiger partial charge in [-0.3, -0.25) is 13.7 Å². The van der Waals surface area contributed by atoms with E-state index >= 15 is 0 Å². The second kappa shape index (κ2) is 11.5. The van der Waals surface area contributed by atoms with E-state index in [1.165, 1.54) is 24.3 Å². The van der Waals surface area contributed by atoms with Crippen LogP contribution < -0.4 is 5.73 Å². The number of phenols is 1. The molecule has 16 nitrogen and oxygen atoms in total. The number of fused-ring (bicyclic) bond motifs is 2. The molecule has 5 aromatic rings. The summed E-state index contributed by atoms with van der Waals surface area (Å²) in [5.41, 5.74) is 5.65. The van der Waals surface area contributed by atoms with E-state index in [0.29, 0.717) is 17.3 Å². The number of phenolic OH excluding ortho intramolecular Hbond substituents is 1. The molecule has 46 heavy (non-hydrogen) atoms. The zero-order valence-corrected chi connectivity index (χ0v) is 25.2. The molecular weight excluding hydrogens is 665 g/mol. The van der Waals surface area contributed by atoms with E-state index in [9.17, 15) is 44.0 Å². The van der Waals surface area contributed by atoms with E-state index in [-0.39, 0.29) is 33.2 Å². The topological polar surface area (TPSA) is 283 Å². The molecule has 5 aromatic carbocycles. The molecule has 0 aromatic heterocycles. The number of benzene rings is 5. The lowest BCUT2D eigenvalue weighted by atomic mass is 10.1. The largest absolute Gasteiger partial charge is 0.505 e. The Morgan fingerprint density at radius 2 is 1.22 bits per heavy atom. The Bertz CT molecular complexity index is 2550. The van der Waals surface area contributed by atoms with Crippen LogP contribution in [0.5, 0.6) is 5.75 Å². The molecule has 0 fully saturated rings. The van der Waals surface area contributed by atoms with Crippen molar-refractivity contribution in [2.75, 3.05) is 5.73 Å². The standard InChI is InChI=1S/C27H18N6O10S3/c28-13-14-2-1-3-15(10-14)30-31-21-9-8-20(17-5-4-16(11-19(17)21)44(35,36)37)32-33-22-7-6-18-23(45(38,39)40)12-24(46(41,42)43)26(29)25(18)27(22)34/h1-12,34H,29H2,(H,35,36,37)(H,38,39,40)(H,41,42,43). The van der Waals surface area contributed by atoms with Gasteiger partial charge in [-0.25, -0.2) is 0 Å². The van der Waals surface area contributed by atoms with Crippen LogP contribution in [0.25, 0.3) is 21.5 Å². The van der Waals surface area contributed by atoms with Gasteiger partial charge >= 0.3 is 0 Å². The second-order valence-corrected chi connectivity index (χ2v) is 13.6. The van der Waals surface area contributed by atoms with Crippen LogP contribution in [0, 0.1) is 11.3 Å². The van der Waals surface area contributed by atoms with Crippen LogP contribution in [0.3, 0.4) is 0 Å². The number of nitrogens with zero attached hydrogens (tertiary/aromatic N) is 5. The van der Waals surface area contributed by atoms with Gasteiger partial charge in [0.25, 0.3) is 30.4 Å². The van der Waals surface area contributed by atoms with Gasteiger partial charge in [-0.2, -0.15) is 35.6 Å². The minimum absolute atomic E-state index is 0.0834. The Labute approximate surface area is 260 Å². The predicted octanol–water partition coefficient (Wildman–Crippen LogP) is 5.72. The van der Waals surface area contributed by atoms with Crippen molar-refractivity contribution in [2.45, 2.75) is 14.7 Å². The number of aromatic hydroxyl groups is 1. The number of azo groups is 2. The first-order chi connectivity index (χ1) is 21.5. The minimum atomic E-state index is -5.12. The Hall–Kier alpha value is -5.36. The summed E-state index contributed by atoms with van der Waals surface area (Å²) in [5.74, 6) is -0.850. The van der Waals surface area contributed by atoms with Crippen molar-refractivity contribution in [3.05, 3.63) is 78.4 Å². The summed E-state index contributed by atoms with van der Waals surface area (Å²) in [4.78, 5) is -2.53. The molecule has 5 rings (SSSR count). The molecular formula is C27H18N6O10S3. The van der Waals surface area contributed by atoms with Gasteiger partial charge < -0.3 is 10.8 Å². The molecule has 0 aliphatic carbocycles. The molecule has 0 unspecified atom stereocenters. The summed E-state index contributed by atoms with van der Waals surface area (Å²) < 4.78 is 100. The van der Waals surface area contributed by atoms with E-state index in [2.05, 4.69) is 20.5 Å². The van der Waals surface area contributed by atoms with Crippen LogP contribution in [-0.4, -0.2) is 44.0 Å². The summed E-state index contributed by atoms with van der Waals surface area (Å²) in [6.07, 6.45) is 0. The molecule has 234 valence electrons. The van der Waals surface area contributed by atoms with Crippen LogP contribution in [0.1, 0.15) is 5.56 Å². The van der Waals surface area contributed by atoms with Gasteiger partial charge in [0.1, 0.15) is 15.5 Å². The third-order valence-corrected chi connectivity index (χ3v) is 9.17. The van der Waals surface area contributed by atoms with Gasteiger partial charge in [0.15, 0.2) is 5.75 Å². The first-order valence-corrected chi connectivity index (χ1v) is 16.7. The normalized spacial score (nSPS) is 12.7. The van der Waals surface area contributed by atoms with E-state index in [1.807, 2.05) is 6.07 Å². The lowest BCUT2D eigenvalue weighted by molar-refractivity contribution is 0.478. The van der Waals surface area contributed by atoms with Gasteiger partial charge in [-0.05, 0) is 54.6 Å². The molecule has 0 spiro atoms. The maximum absolute atomic E-state index is 12.0. The van der Waals surface area contributed by atoms with E-state index in [0.717, 1.165) is 24.3 Å². The molecule has 6 N–H and O–H groups in total. The molecule has 0 atom stereocenters. The fraction of sp³-hybridized carbons (Fsp3) is 0. The van der Waals surface area contributed by atoms with Crippen molar-refractivity contribution in [1.82, 2.24) is 0 Å². The van der Waals surface area contributed by atoms with Crippen molar-refractivity contribution in [2.24, 2.45) is 20.5 Å². The highest BCUT2D eigenvalue weighted by Gasteiger charge is 2.26. The fourth-order valence-corrected chi connectivity index (χ4v) is 6.39. The lowest BCUT2D eigenvalue weighted by Crippen LogP contribution is -2.08. The maximum Gasteiger partial charge on any atom is 0.296 e. The Morgan fingerprint density at radius 3 is 1.85 bits per heavy atom. The van der Waals surface area contributed by atoms with Gasteiger partial charge in [-0.15, -0.1) is 15.3 Å². The average Bonchev–Trinajstić information content (AvgIpc) is 2.98. The number of hydrogen-bond donors (Lipinski definition) is 5. The SMILES string of the molecule is N#Cc1cccc(N=Nc2ccc(N=Nc3ccc4c(S(=O)(=O)O)cc(S(=O)(=O)O)c(N)c4c3O)c3ccc(S(=O)(=O)O)cc23)c1. The van der Waals surface area contributed by atoms with Gasteiger partial charge in [-0.1, -0.05) is 18.2 Å². The van der Waals surface area contributed by atoms with Gasteiger partial charge in [0, 0.05) is 16.2 Å². The Morgan fingerprint density at radius 1 is 0.630 bits per heavy atom. The third kappa shape index (κ3) is 6.24. The minimum Gasteiger partial charge on any atom is -0.505 e. The Balaban J connectivity index is 1.67. The lowest BCUT2D eigenvalue weighted by Gasteiger charge is -2.13. The van der Waals surface area contributed by atoms with Crippen molar-refractivity contribution >= 4 is 80.3 Å². The zero-order valence-electron chi connectivity index (χ0n) is 22.7. The number of nitrogen functional groups attached to an aromatic ring is 1. The summed E-state index contributed by atoms with van der Waals surface area (Å²) in [7, 11) is -14.8. The molecule has 0 bridgehead atoms. The number of anilines is 1. The summed E-state index contributed by atoms with van der Waals surface area (Å²) >= 11 is 0. The van der Waals surface area contributed by atoms with Crippen molar-refractivity contribution in [3.63, 3.8) is 0 Å². The molecule has 0 heterocycles. The highest BCUT2D eigenvalue weighted by Crippen LogP contribution is 2.44. The van der Waals surface area contributed by atoms with Crippen molar-refractivity contribution in [3.8, 4) is 11.8 Å².